The second-order valence-electron chi connectivity index (χ2n) is 4.23. The fourth-order valence-corrected chi connectivity index (χ4v) is 2.75. The fourth-order valence-electron chi connectivity index (χ4n) is 1.81. The molecule has 2 rings (SSSR count). The maximum absolute atomic E-state index is 12.1. The molecule has 0 unspecified atom stereocenters. The van der Waals surface area contributed by atoms with E-state index in [2.05, 4.69) is 17.2 Å². The lowest BCUT2D eigenvalue weighted by Gasteiger charge is -2.23. The molecule has 0 fully saturated rings. The van der Waals surface area contributed by atoms with Crippen LogP contribution in [0.4, 0.5) is 10.5 Å². The topological polar surface area (TPSA) is 44.7 Å². The van der Waals surface area contributed by atoms with Crippen molar-refractivity contribution in [2.45, 2.75) is 19.1 Å². The van der Waals surface area contributed by atoms with E-state index in [4.69, 9.17) is 0 Å². The Kier molecular flexibility index (Phi) is 3.91. The molecule has 0 aliphatic carbocycles. The predicted molar refractivity (Wildman–Crippen MR) is 77.5 cm³/mol. The van der Waals surface area contributed by atoms with Gasteiger partial charge >= 0.3 is 6.03 Å². The lowest BCUT2D eigenvalue weighted by molar-refractivity contribution is 0.251. The molecule has 0 aromatic heterocycles. The lowest BCUT2D eigenvalue weighted by atomic mass is 10.2. The number of carbonyl (C=O) groups is 1. The summed E-state index contributed by atoms with van der Waals surface area (Å²) in [7, 11) is 1.64. The number of carbonyl (C=O) groups excluding carboxylic acids is 1. The Morgan fingerprint density at radius 2 is 2.22 bits per heavy atom. The Morgan fingerprint density at radius 1 is 1.50 bits per heavy atom. The number of rotatable bonds is 1. The van der Waals surface area contributed by atoms with E-state index in [-0.39, 0.29) is 6.03 Å². The number of hydrogen-bond donors (Lipinski definition) is 1. The van der Waals surface area contributed by atoms with Crippen LogP contribution in [0.15, 0.2) is 29.3 Å². The number of nitrogens with zero attached hydrogens (tertiary/aromatic N) is 2. The zero-order valence-electron chi connectivity index (χ0n) is 10.8. The van der Waals surface area contributed by atoms with Crippen molar-refractivity contribution in [2.24, 2.45) is 4.99 Å². The van der Waals surface area contributed by atoms with Gasteiger partial charge in [0.1, 0.15) is 0 Å². The first-order chi connectivity index (χ1) is 8.63. The van der Waals surface area contributed by atoms with E-state index >= 15 is 0 Å². The molecule has 5 heteroatoms. The number of amides is 2. The first-order valence-electron chi connectivity index (χ1n) is 5.92. The van der Waals surface area contributed by atoms with Crippen LogP contribution in [0.3, 0.4) is 0 Å². The summed E-state index contributed by atoms with van der Waals surface area (Å²) in [5, 5.41) is 3.88. The minimum atomic E-state index is -0.148. The number of nitrogens with one attached hydrogen (secondary N) is 1. The van der Waals surface area contributed by atoms with E-state index in [1.165, 1.54) is 0 Å². The van der Waals surface area contributed by atoms with Crippen molar-refractivity contribution in [3.63, 3.8) is 0 Å². The smallest absolute Gasteiger partial charge is 0.327 e. The number of urea groups is 1. The summed E-state index contributed by atoms with van der Waals surface area (Å²) >= 11 is 1.64. The number of anilines is 1. The molecule has 1 N–H and O–H groups in total. The highest BCUT2D eigenvalue weighted by molar-refractivity contribution is 8.15. The van der Waals surface area contributed by atoms with Crippen molar-refractivity contribution in [3.8, 4) is 0 Å². The van der Waals surface area contributed by atoms with Gasteiger partial charge in [0, 0.05) is 12.3 Å². The normalized spacial score (nSPS) is 18.4. The van der Waals surface area contributed by atoms with Crippen LogP contribution in [-0.4, -0.2) is 30.0 Å². The van der Waals surface area contributed by atoms with Gasteiger partial charge in [-0.05, 0) is 18.6 Å². The van der Waals surface area contributed by atoms with Crippen molar-refractivity contribution in [3.05, 3.63) is 29.8 Å². The summed E-state index contributed by atoms with van der Waals surface area (Å²) < 4.78 is 0. The maximum atomic E-state index is 12.1. The molecular weight excluding hydrogens is 246 g/mol. The third-order valence-electron chi connectivity index (χ3n) is 2.75. The van der Waals surface area contributed by atoms with Gasteiger partial charge in [-0.25, -0.2) is 9.69 Å². The number of hydrogen-bond acceptors (Lipinski definition) is 3. The summed E-state index contributed by atoms with van der Waals surface area (Å²) in [6.07, 6.45) is 0. The molecule has 0 bridgehead atoms. The number of thioether (sulfide) groups is 1. The van der Waals surface area contributed by atoms with Gasteiger partial charge in [0.25, 0.3) is 0 Å². The van der Waals surface area contributed by atoms with Gasteiger partial charge in [-0.3, -0.25) is 4.99 Å². The molecule has 4 nitrogen and oxygen atoms in total. The second kappa shape index (κ2) is 5.44. The molecule has 0 radical (unpaired) electrons. The molecule has 18 heavy (non-hydrogen) atoms. The minimum Gasteiger partial charge on any atom is -0.340 e. The van der Waals surface area contributed by atoms with Gasteiger partial charge in [-0.15, -0.1) is 0 Å². The lowest BCUT2D eigenvalue weighted by Crippen LogP contribution is -2.41. The Labute approximate surface area is 111 Å². The van der Waals surface area contributed by atoms with E-state index < -0.39 is 0 Å². The molecule has 2 amide bonds. The van der Waals surface area contributed by atoms with Crippen LogP contribution in [0.2, 0.25) is 0 Å². The molecule has 1 heterocycles. The third-order valence-corrected chi connectivity index (χ3v) is 3.83. The zero-order valence-corrected chi connectivity index (χ0v) is 11.6. The maximum Gasteiger partial charge on any atom is 0.327 e. The summed E-state index contributed by atoms with van der Waals surface area (Å²) in [6.45, 7) is 4.87. The first-order valence-corrected chi connectivity index (χ1v) is 6.80. The quantitative estimate of drug-likeness (QED) is 0.846. The Balaban J connectivity index is 2.38. The minimum absolute atomic E-state index is 0.148. The molecule has 1 atom stereocenters. The first kappa shape index (κ1) is 13.0. The van der Waals surface area contributed by atoms with Crippen LogP contribution in [0.5, 0.6) is 0 Å². The van der Waals surface area contributed by atoms with Crippen molar-refractivity contribution in [1.29, 1.82) is 0 Å². The highest BCUT2D eigenvalue weighted by Gasteiger charge is 2.27. The average molecular weight is 263 g/mol. The largest absolute Gasteiger partial charge is 0.340 e. The molecule has 0 saturated carbocycles. The Morgan fingerprint density at radius 3 is 2.78 bits per heavy atom. The summed E-state index contributed by atoms with van der Waals surface area (Å²) in [6, 6.07) is 7.69. The summed E-state index contributed by atoms with van der Waals surface area (Å²) in [4.78, 5) is 18.2. The predicted octanol–water partition coefficient (Wildman–Crippen LogP) is 2.63. The SMILES string of the molecule is CNC(=O)N(C1=NC[C@@H](C)S1)c1ccccc1C. The third kappa shape index (κ3) is 2.51. The Hall–Kier alpha value is -1.49. The summed E-state index contributed by atoms with van der Waals surface area (Å²) in [5.74, 6) is 0. The van der Waals surface area contributed by atoms with Crippen molar-refractivity contribution >= 4 is 28.6 Å². The zero-order chi connectivity index (χ0) is 13.1. The van der Waals surface area contributed by atoms with E-state index in [1.54, 1.807) is 23.7 Å². The molecule has 1 aromatic carbocycles. The number of aryl methyl sites for hydroxylation is 1. The van der Waals surface area contributed by atoms with Crippen LogP contribution in [0.25, 0.3) is 0 Å². The molecule has 0 spiro atoms. The van der Waals surface area contributed by atoms with Gasteiger partial charge in [0.05, 0.1) is 12.2 Å². The van der Waals surface area contributed by atoms with Crippen LogP contribution in [0, 0.1) is 6.92 Å². The number of amidine groups is 1. The van der Waals surface area contributed by atoms with Crippen LogP contribution < -0.4 is 10.2 Å². The van der Waals surface area contributed by atoms with Crippen molar-refractivity contribution in [1.82, 2.24) is 5.32 Å². The molecular formula is C13H17N3OS. The molecule has 1 aliphatic heterocycles. The van der Waals surface area contributed by atoms with Crippen molar-refractivity contribution in [2.75, 3.05) is 18.5 Å². The fraction of sp³-hybridized carbons (Fsp3) is 0.385. The van der Waals surface area contributed by atoms with E-state index in [9.17, 15) is 4.79 Å². The molecule has 1 aliphatic rings. The number of benzene rings is 1. The van der Waals surface area contributed by atoms with Gasteiger partial charge in [-0.1, -0.05) is 36.9 Å². The van der Waals surface area contributed by atoms with E-state index in [1.807, 2.05) is 31.2 Å². The molecule has 0 saturated heterocycles. The highest BCUT2D eigenvalue weighted by Crippen LogP contribution is 2.28. The molecule has 1 aromatic rings. The van der Waals surface area contributed by atoms with Crippen LogP contribution in [0.1, 0.15) is 12.5 Å². The Bertz CT molecular complexity index is 487. The average Bonchev–Trinajstić information content (AvgIpc) is 2.78. The second-order valence-corrected chi connectivity index (χ2v) is 5.63. The van der Waals surface area contributed by atoms with Crippen molar-refractivity contribution < 1.29 is 4.79 Å². The van der Waals surface area contributed by atoms with Crippen LogP contribution >= 0.6 is 11.8 Å². The van der Waals surface area contributed by atoms with E-state index in [0.29, 0.717) is 5.25 Å². The van der Waals surface area contributed by atoms with Gasteiger partial charge in [0.2, 0.25) is 0 Å². The summed E-state index contributed by atoms with van der Waals surface area (Å²) in [5.41, 5.74) is 1.95. The van der Waals surface area contributed by atoms with Gasteiger partial charge in [0.15, 0.2) is 5.17 Å². The van der Waals surface area contributed by atoms with Gasteiger partial charge < -0.3 is 5.32 Å². The number of aliphatic imine (C=N–C) groups is 1. The van der Waals surface area contributed by atoms with Gasteiger partial charge in [-0.2, -0.15) is 0 Å². The van der Waals surface area contributed by atoms with Crippen LogP contribution in [-0.2, 0) is 0 Å². The standard InChI is InChI=1S/C13H17N3OS/c1-9-6-4-5-7-11(9)16(12(17)14-3)13-15-8-10(2)18-13/h4-7,10H,8H2,1-3H3,(H,14,17)/t10-/m1/s1. The highest BCUT2D eigenvalue weighted by atomic mass is 32.2. The monoisotopic (exact) mass is 263 g/mol. The van der Waals surface area contributed by atoms with E-state index in [0.717, 1.165) is 23.0 Å². The number of para-hydroxylation sites is 1. The molecule has 96 valence electrons.